The molecule has 0 spiro atoms. The molecule has 1 heterocycles. The summed E-state index contributed by atoms with van der Waals surface area (Å²) in [5.41, 5.74) is 8.87. The number of H-pyrrole nitrogens is 1. The molecule has 0 radical (unpaired) electrons. The number of carbonyl (C=O) groups is 1. The molecule has 3 aromatic rings. The molecule has 0 aliphatic carbocycles. The molecule has 0 unspecified atom stereocenters. The highest BCUT2D eigenvalue weighted by atomic mass is 35.5. The van der Waals surface area contributed by atoms with Gasteiger partial charge in [-0.05, 0) is 25.1 Å². The van der Waals surface area contributed by atoms with Crippen LogP contribution in [0, 0.1) is 6.92 Å². The normalized spacial score (nSPS) is 11.0. The number of benzene rings is 2. The number of fused-ring (bicyclic) bond motifs is 1. The SMILES string of the molecule is Cc1[nH]c2ccccc2c1C(=O)c1cc(N)c(Cl)c(Cl)c1. The summed E-state index contributed by atoms with van der Waals surface area (Å²) >= 11 is 11.9. The predicted molar refractivity (Wildman–Crippen MR) is 87.3 cm³/mol. The molecule has 21 heavy (non-hydrogen) atoms. The van der Waals surface area contributed by atoms with Crippen LogP contribution in [-0.4, -0.2) is 10.8 Å². The molecule has 106 valence electrons. The van der Waals surface area contributed by atoms with Gasteiger partial charge in [0.1, 0.15) is 0 Å². The number of para-hydroxylation sites is 1. The molecule has 0 saturated carbocycles. The minimum Gasteiger partial charge on any atom is -0.397 e. The molecule has 1 aromatic heterocycles. The highest BCUT2D eigenvalue weighted by molar-refractivity contribution is 6.44. The zero-order valence-corrected chi connectivity index (χ0v) is 12.7. The van der Waals surface area contributed by atoms with E-state index in [1.165, 1.54) is 0 Å². The first-order valence-electron chi connectivity index (χ1n) is 6.35. The lowest BCUT2D eigenvalue weighted by Crippen LogP contribution is -2.04. The third kappa shape index (κ3) is 2.28. The Hall–Kier alpha value is -1.97. The van der Waals surface area contributed by atoms with Gasteiger partial charge in [-0.1, -0.05) is 41.4 Å². The van der Waals surface area contributed by atoms with Crippen LogP contribution >= 0.6 is 23.2 Å². The van der Waals surface area contributed by atoms with Gasteiger partial charge in [-0.25, -0.2) is 0 Å². The van der Waals surface area contributed by atoms with Gasteiger partial charge in [0.15, 0.2) is 5.78 Å². The minimum absolute atomic E-state index is 0.129. The summed E-state index contributed by atoms with van der Waals surface area (Å²) in [7, 11) is 0. The number of carbonyl (C=O) groups excluding carboxylic acids is 1. The minimum atomic E-state index is -0.129. The van der Waals surface area contributed by atoms with Crippen molar-refractivity contribution in [3.8, 4) is 0 Å². The third-order valence-electron chi connectivity index (χ3n) is 3.44. The fourth-order valence-electron chi connectivity index (χ4n) is 2.46. The van der Waals surface area contributed by atoms with E-state index in [9.17, 15) is 4.79 Å². The number of hydrogen-bond donors (Lipinski definition) is 2. The van der Waals surface area contributed by atoms with E-state index in [1.54, 1.807) is 12.1 Å². The summed E-state index contributed by atoms with van der Waals surface area (Å²) in [6, 6.07) is 10.8. The summed E-state index contributed by atoms with van der Waals surface area (Å²) in [4.78, 5) is 16.0. The summed E-state index contributed by atoms with van der Waals surface area (Å²) in [5, 5.41) is 1.42. The number of nitrogens with one attached hydrogen (secondary N) is 1. The molecular formula is C16H12Cl2N2O. The number of aromatic amines is 1. The van der Waals surface area contributed by atoms with Crippen LogP contribution in [0.1, 0.15) is 21.6 Å². The van der Waals surface area contributed by atoms with Crippen LogP contribution < -0.4 is 5.73 Å². The van der Waals surface area contributed by atoms with E-state index in [0.717, 1.165) is 16.6 Å². The molecule has 2 aromatic carbocycles. The zero-order valence-electron chi connectivity index (χ0n) is 11.2. The summed E-state index contributed by atoms with van der Waals surface area (Å²) in [5.74, 6) is -0.129. The number of nitrogen functional groups attached to an aromatic ring is 1. The van der Waals surface area contributed by atoms with Crippen LogP contribution in [0.5, 0.6) is 0 Å². The molecule has 0 atom stereocenters. The number of hydrogen-bond acceptors (Lipinski definition) is 2. The summed E-state index contributed by atoms with van der Waals surface area (Å²) < 4.78 is 0. The number of aryl methyl sites for hydroxylation is 1. The van der Waals surface area contributed by atoms with Crippen LogP contribution in [0.4, 0.5) is 5.69 Å². The molecule has 0 fully saturated rings. The molecule has 0 saturated heterocycles. The van der Waals surface area contributed by atoms with E-state index in [4.69, 9.17) is 28.9 Å². The Morgan fingerprint density at radius 2 is 1.90 bits per heavy atom. The van der Waals surface area contributed by atoms with Gasteiger partial charge in [0.25, 0.3) is 0 Å². The van der Waals surface area contributed by atoms with Gasteiger partial charge in [-0.3, -0.25) is 4.79 Å². The largest absolute Gasteiger partial charge is 0.397 e. The number of anilines is 1. The van der Waals surface area contributed by atoms with Gasteiger partial charge >= 0.3 is 0 Å². The lowest BCUT2D eigenvalue weighted by atomic mass is 10.00. The van der Waals surface area contributed by atoms with E-state index in [-0.39, 0.29) is 15.8 Å². The smallest absolute Gasteiger partial charge is 0.195 e. The molecule has 3 N–H and O–H groups in total. The number of rotatable bonds is 2. The lowest BCUT2D eigenvalue weighted by molar-refractivity contribution is 0.104. The maximum atomic E-state index is 12.8. The number of halogens is 2. The first-order valence-corrected chi connectivity index (χ1v) is 7.11. The lowest BCUT2D eigenvalue weighted by Gasteiger charge is -2.06. The molecule has 0 amide bonds. The molecule has 0 aliphatic heterocycles. The summed E-state index contributed by atoms with van der Waals surface area (Å²) in [6.45, 7) is 1.87. The van der Waals surface area contributed by atoms with E-state index in [1.807, 2.05) is 31.2 Å². The van der Waals surface area contributed by atoms with Crippen molar-refractivity contribution in [3.63, 3.8) is 0 Å². The molecule has 0 aliphatic rings. The second kappa shape index (κ2) is 5.10. The van der Waals surface area contributed by atoms with Gasteiger partial charge in [-0.15, -0.1) is 0 Å². The third-order valence-corrected chi connectivity index (χ3v) is 4.26. The van der Waals surface area contributed by atoms with Gasteiger partial charge in [0.05, 0.1) is 21.3 Å². The Bertz CT molecular complexity index is 845. The summed E-state index contributed by atoms with van der Waals surface area (Å²) in [6.07, 6.45) is 0. The van der Waals surface area contributed by atoms with Crippen LogP contribution in [-0.2, 0) is 0 Å². The van der Waals surface area contributed by atoms with Crippen molar-refractivity contribution < 1.29 is 4.79 Å². The van der Waals surface area contributed by atoms with Crippen molar-refractivity contribution >= 4 is 45.6 Å². The Morgan fingerprint density at radius 3 is 2.62 bits per heavy atom. The first kappa shape index (κ1) is 14.0. The highest BCUT2D eigenvalue weighted by Gasteiger charge is 2.19. The second-order valence-corrected chi connectivity index (χ2v) is 5.65. The van der Waals surface area contributed by atoms with Crippen molar-refractivity contribution in [2.24, 2.45) is 0 Å². The Labute approximate surface area is 131 Å². The predicted octanol–water partition coefficient (Wildman–Crippen LogP) is 4.60. The molecule has 5 heteroatoms. The molecule has 3 nitrogen and oxygen atoms in total. The number of aromatic nitrogens is 1. The number of nitrogens with two attached hydrogens (primary N) is 1. The molecule has 0 bridgehead atoms. The highest BCUT2D eigenvalue weighted by Crippen LogP contribution is 2.32. The molecule has 3 rings (SSSR count). The fraction of sp³-hybridized carbons (Fsp3) is 0.0625. The van der Waals surface area contributed by atoms with Crippen molar-refractivity contribution in [1.29, 1.82) is 0 Å². The van der Waals surface area contributed by atoms with Crippen molar-refractivity contribution in [3.05, 3.63) is 63.3 Å². The quantitative estimate of drug-likeness (QED) is 0.536. The Balaban J connectivity index is 2.19. The van der Waals surface area contributed by atoms with Gasteiger partial charge in [-0.2, -0.15) is 0 Å². The Morgan fingerprint density at radius 1 is 1.19 bits per heavy atom. The van der Waals surface area contributed by atoms with Gasteiger partial charge < -0.3 is 10.7 Å². The van der Waals surface area contributed by atoms with Crippen LogP contribution in [0.25, 0.3) is 10.9 Å². The Kier molecular flexibility index (Phi) is 3.40. The maximum absolute atomic E-state index is 12.8. The van der Waals surface area contributed by atoms with Crippen LogP contribution in [0.2, 0.25) is 10.0 Å². The van der Waals surface area contributed by atoms with Crippen LogP contribution in [0.3, 0.4) is 0 Å². The molecular weight excluding hydrogens is 307 g/mol. The van der Waals surface area contributed by atoms with E-state index >= 15 is 0 Å². The van der Waals surface area contributed by atoms with Crippen molar-refractivity contribution in [2.75, 3.05) is 5.73 Å². The standard InChI is InChI=1S/C16H12Cl2N2O/c1-8-14(10-4-2-3-5-13(10)20-8)16(21)9-6-11(17)15(18)12(19)7-9/h2-7,20H,19H2,1H3. The fourth-order valence-corrected chi connectivity index (χ4v) is 2.79. The van der Waals surface area contributed by atoms with E-state index in [2.05, 4.69) is 4.98 Å². The van der Waals surface area contributed by atoms with Crippen molar-refractivity contribution in [2.45, 2.75) is 6.92 Å². The first-order chi connectivity index (χ1) is 9.99. The van der Waals surface area contributed by atoms with E-state index < -0.39 is 0 Å². The maximum Gasteiger partial charge on any atom is 0.195 e. The number of ketones is 1. The topological polar surface area (TPSA) is 58.9 Å². The average Bonchev–Trinajstić information content (AvgIpc) is 2.79. The van der Waals surface area contributed by atoms with Crippen LogP contribution in [0.15, 0.2) is 36.4 Å². The zero-order chi connectivity index (χ0) is 15.1. The second-order valence-electron chi connectivity index (χ2n) is 4.86. The van der Waals surface area contributed by atoms with E-state index in [0.29, 0.717) is 16.8 Å². The van der Waals surface area contributed by atoms with Crippen molar-refractivity contribution in [1.82, 2.24) is 4.98 Å². The van der Waals surface area contributed by atoms with Gasteiger partial charge in [0, 0.05) is 22.2 Å². The monoisotopic (exact) mass is 318 g/mol. The average molecular weight is 319 g/mol. The van der Waals surface area contributed by atoms with Gasteiger partial charge in [0.2, 0.25) is 0 Å².